The lowest BCUT2D eigenvalue weighted by Crippen LogP contribution is -2.08. The van der Waals surface area contributed by atoms with Crippen LogP contribution in [-0.2, 0) is 9.47 Å². The second-order valence-corrected chi connectivity index (χ2v) is 6.13. The van der Waals surface area contributed by atoms with E-state index in [2.05, 4.69) is 23.2 Å². The second kappa shape index (κ2) is 5.35. The lowest BCUT2D eigenvalue weighted by molar-refractivity contribution is -0.0421. The molecule has 0 aliphatic carbocycles. The molecule has 17 heavy (non-hydrogen) atoms. The lowest BCUT2D eigenvalue weighted by atomic mass is 10.3. The molecule has 2 aromatic rings. The Morgan fingerprint density at radius 2 is 2.12 bits per heavy atom. The van der Waals surface area contributed by atoms with Gasteiger partial charge in [-0.15, -0.1) is 11.3 Å². The molecule has 0 atom stereocenters. The molecule has 1 aromatic carbocycles. The summed E-state index contributed by atoms with van der Waals surface area (Å²) in [7, 11) is 0. The van der Waals surface area contributed by atoms with E-state index in [4.69, 9.17) is 9.47 Å². The summed E-state index contributed by atoms with van der Waals surface area (Å²) in [5.41, 5.74) is 1.09. The Hall–Kier alpha value is -0.620. The predicted molar refractivity (Wildman–Crippen MR) is 70.7 cm³/mol. The van der Waals surface area contributed by atoms with Crippen molar-refractivity contribution in [1.29, 1.82) is 0 Å². The van der Waals surface area contributed by atoms with Crippen molar-refractivity contribution in [3.05, 3.63) is 24.3 Å². The van der Waals surface area contributed by atoms with Gasteiger partial charge in [-0.2, -0.15) is 0 Å². The number of hydrogen-bond acceptors (Lipinski definition) is 5. The number of rotatable bonds is 4. The van der Waals surface area contributed by atoms with Crippen LogP contribution < -0.4 is 0 Å². The summed E-state index contributed by atoms with van der Waals surface area (Å²) in [4.78, 5) is 4.58. The van der Waals surface area contributed by atoms with Gasteiger partial charge < -0.3 is 9.47 Å². The molecule has 1 aliphatic rings. The molecule has 0 N–H and O–H groups in total. The van der Waals surface area contributed by atoms with Crippen molar-refractivity contribution in [2.45, 2.75) is 17.1 Å². The fraction of sp³-hybridized carbons (Fsp3) is 0.417. The smallest absolute Gasteiger partial charge is 0.158 e. The summed E-state index contributed by atoms with van der Waals surface area (Å²) < 4.78 is 13.2. The number of fused-ring (bicyclic) bond motifs is 1. The van der Waals surface area contributed by atoms with E-state index in [1.54, 1.807) is 23.1 Å². The molecular formula is C12H13NO2S2. The molecular weight excluding hydrogens is 254 g/mol. The molecule has 0 amide bonds. The highest BCUT2D eigenvalue weighted by atomic mass is 32.2. The van der Waals surface area contributed by atoms with E-state index >= 15 is 0 Å². The molecule has 0 radical (unpaired) electrons. The first-order chi connectivity index (χ1) is 8.42. The minimum absolute atomic E-state index is 0.00289. The first-order valence-electron chi connectivity index (χ1n) is 5.63. The van der Waals surface area contributed by atoms with E-state index in [1.807, 2.05) is 6.07 Å². The SMILES string of the molecule is c1ccc2sc(SCCC3OCCO3)nc2c1. The number of nitrogens with zero attached hydrogens (tertiary/aromatic N) is 1. The average molecular weight is 267 g/mol. The molecule has 0 spiro atoms. The minimum Gasteiger partial charge on any atom is -0.350 e. The molecule has 5 heteroatoms. The van der Waals surface area contributed by atoms with Gasteiger partial charge in [0.1, 0.15) is 0 Å². The number of benzene rings is 1. The third-order valence-corrected chi connectivity index (χ3v) is 4.76. The summed E-state index contributed by atoms with van der Waals surface area (Å²) >= 11 is 3.53. The van der Waals surface area contributed by atoms with Crippen LogP contribution in [0.3, 0.4) is 0 Å². The van der Waals surface area contributed by atoms with Crippen molar-refractivity contribution in [2.75, 3.05) is 19.0 Å². The summed E-state index contributed by atoms with van der Waals surface area (Å²) in [5, 5.41) is 0. The Morgan fingerprint density at radius 1 is 1.29 bits per heavy atom. The van der Waals surface area contributed by atoms with Gasteiger partial charge in [0, 0.05) is 12.2 Å². The number of aromatic nitrogens is 1. The zero-order valence-electron chi connectivity index (χ0n) is 9.30. The van der Waals surface area contributed by atoms with E-state index in [0.717, 1.165) is 35.2 Å². The van der Waals surface area contributed by atoms with Gasteiger partial charge in [-0.3, -0.25) is 0 Å². The van der Waals surface area contributed by atoms with Crippen LogP contribution in [0, 0.1) is 0 Å². The molecule has 1 fully saturated rings. The number of hydrogen-bond donors (Lipinski definition) is 0. The molecule has 3 rings (SSSR count). The summed E-state index contributed by atoms with van der Waals surface area (Å²) in [6, 6.07) is 8.24. The third kappa shape index (κ3) is 2.80. The molecule has 2 heterocycles. The molecule has 1 aromatic heterocycles. The van der Waals surface area contributed by atoms with Crippen LogP contribution in [0.1, 0.15) is 6.42 Å². The Balaban J connectivity index is 1.57. The highest BCUT2D eigenvalue weighted by molar-refractivity contribution is 8.01. The van der Waals surface area contributed by atoms with Gasteiger partial charge in [0.15, 0.2) is 10.6 Å². The molecule has 1 aliphatic heterocycles. The summed E-state index contributed by atoms with van der Waals surface area (Å²) in [6.07, 6.45) is 0.928. The van der Waals surface area contributed by atoms with Crippen molar-refractivity contribution in [2.24, 2.45) is 0 Å². The Labute approximate surface area is 108 Å². The quantitative estimate of drug-likeness (QED) is 0.796. The molecule has 0 saturated carbocycles. The van der Waals surface area contributed by atoms with Crippen LogP contribution in [0.4, 0.5) is 0 Å². The molecule has 1 saturated heterocycles. The van der Waals surface area contributed by atoms with Gasteiger partial charge in [0.25, 0.3) is 0 Å². The van der Waals surface area contributed by atoms with Crippen molar-refractivity contribution in [3.63, 3.8) is 0 Å². The van der Waals surface area contributed by atoms with E-state index in [1.165, 1.54) is 4.70 Å². The van der Waals surface area contributed by atoms with Gasteiger partial charge in [0.05, 0.1) is 23.4 Å². The van der Waals surface area contributed by atoms with Crippen LogP contribution in [0.2, 0.25) is 0 Å². The van der Waals surface area contributed by atoms with E-state index < -0.39 is 0 Å². The summed E-state index contributed by atoms with van der Waals surface area (Å²) in [6.45, 7) is 1.47. The normalized spacial score (nSPS) is 16.9. The number of para-hydroxylation sites is 1. The van der Waals surface area contributed by atoms with Crippen molar-refractivity contribution < 1.29 is 9.47 Å². The average Bonchev–Trinajstić information content (AvgIpc) is 2.96. The van der Waals surface area contributed by atoms with Crippen molar-refractivity contribution in [1.82, 2.24) is 4.98 Å². The van der Waals surface area contributed by atoms with Gasteiger partial charge in [-0.1, -0.05) is 23.9 Å². The minimum atomic E-state index is -0.00289. The zero-order chi connectivity index (χ0) is 11.5. The van der Waals surface area contributed by atoms with Crippen molar-refractivity contribution >= 4 is 33.3 Å². The zero-order valence-corrected chi connectivity index (χ0v) is 10.9. The van der Waals surface area contributed by atoms with E-state index in [9.17, 15) is 0 Å². The molecule has 0 bridgehead atoms. The Kier molecular flexibility index (Phi) is 3.61. The van der Waals surface area contributed by atoms with Crippen LogP contribution in [0.15, 0.2) is 28.6 Å². The van der Waals surface area contributed by atoms with E-state index in [0.29, 0.717) is 0 Å². The van der Waals surface area contributed by atoms with Crippen LogP contribution >= 0.6 is 23.1 Å². The van der Waals surface area contributed by atoms with Gasteiger partial charge in [-0.05, 0) is 12.1 Å². The molecule has 0 unspecified atom stereocenters. The molecule has 90 valence electrons. The lowest BCUT2D eigenvalue weighted by Gasteiger charge is -2.06. The highest BCUT2D eigenvalue weighted by Gasteiger charge is 2.15. The van der Waals surface area contributed by atoms with Gasteiger partial charge in [-0.25, -0.2) is 4.98 Å². The number of thioether (sulfide) groups is 1. The van der Waals surface area contributed by atoms with Crippen molar-refractivity contribution in [3.8, 4) is 0 Å². The Bertz CT molecular complexity index is 461. The topological polar surface area (TPSA) is 31.4 Å². The maximum absolute atomic E-state index is 5.40. The fourth-order valence-electron chi connectivity index (χ4n) is 1.73. The van der Waals surface area contributed by atoms with Gasteiger partial charge in [0.2, 0.25) is 0 Å². The molecule has 3 nitrogen and oxygen atoms in total. The first-order valence-corrected chi connectivity index (χ1v) is 7.43. The Morgan fingerprint density at radius 3 is 2.94 bits per heavy atom. The second-order valence-electron chi connectivity index (χ2n) is 3.76. The maximum Gasteiger partial charge on any atom is 0.158 e. The summed E-state index contributed by atoms with van der Waals surface area (Å²) in [5.74, 6) is 0.991. The standard InChI is InChI=1S/C12H13NO2S2/c1-2-4-10-9(3-1)13-12(17-10)16-8-5-11-14-6-7-15-11/h1-4,11H,5-8H2. The predicted octanol–water partition coefficient (Wildman–Crippen LogP) is 3.15. The maximum atomic E-state index is 5.40. The highest BCUT2D eigenvalue weighted by Crippen LogP contribution is 2.30. The third-order valence-electron chi connectivity index (χ3n) is 2.54. The monoisotopic (exact) mass is 267 g/mol. The largest absolute Gasteiger partial charge is 0.350 e. The van der Waals surface area contributed by atoms with Gasteiger partial charge >= 0.3 is 0 Å². The fourth-order valence-corrected chi connectivity index (χ4v) is 3.83. The van der Waals surface area contributed by atoms with Crippen LogP contribution in [0.5, 0.6) is 0 Å². The van der Waals surface area contributed by atoms with Crippen LogP contribution in [-0.4, -0.2) is 30.2 Å². The van der Waals surface area contributed by atoms with Crippen LogP contribution in [0.25, 0.3) is 10.2 Å². The first kappa shape index (κ1) is 11.5. The number of ether oxygens (including phenoxy) is 2. The van der Waals surface area contributed by atoms with E-state index in [-0.39, 0.29) is 6.29 Å². The number of thiazole rings is 1.